The molecule has 1 saturated carbocycles. The van der Waals surface area contributed by atoms with E-state index in [-0.39, 0.29) is 24.0 Å². The Kier molecular flexibility index (Phi) is 5.92. The summed E-state index contributed by atoms with van der Waals surface area (Å²) in [5.74, 6) is 0.0537. The molecule has 2 aliphatic carbocycles. The second kappa shape index (κ2) is 7.40. The Labute approximate surface area is 145 Å². The summed E-state index contributed by atoms with van der Waals surface area (Å²) in [6.07, 6.45) is 9.23. The molecule has 24 heavy (non-hydrogen) atoms. The second-order valence-corrected chi connectivity index (χ2v) is 8.18. The summed E-state index contributed by atoms with van der Waals surface area (Å²) in [5, 5.41) is 28.2. The minimum atomic E-state index is -0.992. The first-order chi connectivity index (χ1) is 11.3. The van der Waals surface area contributed by atoms with E-state index in [1.807, 2.05) is 0 Å². The van der Waals surface area contributed by atoms with E-state index in [2.05, 4.69) is 26.8 Å². The predicted molar refractivity (Wildman–Crippen MR) is 94.5 cm³/mol. The normalized spacial score (nSPS) is 36.9. The molecule has 4 atom stereocenters. The van der Waals surface area contributed by atoms with Crippen LogP contribution in [-0.2, 0) is 4.79 Å². The van der Waals surface area contributed by atoms with E-state index in [9.17, 15) is 15.0 Å². The summed E-state index contributed by atoms with van der Waals surface area (Å²) in [6.45, 7) is 6.87. The number of carbonyl (C=O) groups is 1. The van der Waals surface area contributed by atoms with Crippen LogP contribution in [0.25, 0.3) is 0 Å². The third kappa shape index (κ3) is 3.45. The van der Waals surface area contributed by atoms with Crippen molar-refractivity contribution in [3.8, 4) is 0 Å². The molecule has 0 bridgehead atoms. The van der Waals surface area contributed by atoms with Crippen LogP contribution in [0.2, 0.25) is 0 Å². The predicted octanol–water partition coefficient (Wildman–Crippen LogP) is 3.54. The Morgan fingerprint density at radius 1 is 1.33 bits per heavy atom. The Bertz CT molecular complexity index is 536. The van der Waals surface area contributed by atoms with Crippen molar-refractivity contribution in [2.75, 3.05) is 13.2 Å². The van der Waals surface area contributed by atoms with E-state index in [1.165, 1.54) is 5.57 Å². The molecule has 0 aromatic heterocycles. The highest BCUT2D eigenvalue weighted by Crippen LogP contribution is 2.61. The summed E-state index contributed by atoms with van der Waals surface area (Å²) in [4.78, 5) is 10.9. The van der Waals surface area contributed by atoms with Gasteiger partial charge in [0.15, 0.2) is 0 Å². The molecule has 4 heteroatoms. The van der Waals surface area contributed by atoms with Crippen molar-refractivity contribution < 1.29 is 20.1 Å². The zero-order valence-electron chi connectivity index (χ0n) is 15.2. The lowest BCUT2D eigenvalue weighted by Crippen LogP contribution is -2.50. The van der Waals surface area contributed by atoms with Crippen molar-refractivity contribution in [2.24, 2.45) is 22.7 Å². The van der Waals surface area contributed by atoms with Gasteiger partial charge in [0.25, 0.3) is 0 Å². The molecule has 2 aliphatic rings. The molecule has 0 radical (unpaired) electrons. The molecule has 0 heterocycles. The maximum atomic E-state index is 10.9. The highest BCUT2D eigenvalue weighted by molar-refractivity contribution is 5.80. The third-order valence-electron chi connectivity index (χ3n) is 7.05. The largest absolute Gasteiger partial charge is 0.478 e. The summed E-state index contributed by atoms with van der Waals surface area (Å²) >= 11 is 0. The van der Waals surface area contributed by atoms with Gasteiger partial charge in [-0.2, -0.15) is 0 Å². The van der Waals surface area contributed by atoms with Crippen LogP contribution >= 0.6 is 0 Å². The molecule has 4 nitrogen and oxygen atoms in total. The minimum absolute atomic E-state index is 0.0458. The monoisotopic (exact) mass is 336 g/mol. The number of hydrogen-bond acceptors (Lipinski definition) is 3. The van der Waals surface area contributed by atoms with Crippen molar-refractivity contribution in [3.63, 3.8) is 0 Å². The molecular formula is C20H32O4. The minimum Gasteiger partial charge on any atom is -0.478 e. The van der Waals surface area contributed by atoms with E-state index >= 15 is 0 Å². The van der Waals surface area contributed by atoms with Crippen LogP contribution in [0.5, 0.6) is 0 Å². The van der Waals surface area contributed by atoms with E-state index in [1.54, 1.807) is 0 Å². The van der Waals surface area contributed by atoms with Gasteiger partial charge in [-0.3, -0.25) is 0 Å². The number of fused-ring (bicyclic) bond motifs is 1. The summed E-state index contributed by atoms with van der Waals surface area (Å²) in [5.41, 5.74) is 1.91. The van der Waals surface area contributed by atoms with E-state index in [4.69, 9.17) is 5.11 Å². The Hall–Kier alpha value is -1.13. The van der Waals surface area contributed by atoms with Crippen LogP contribution in [0.4, 0.5) is 0 Å². The van der Waals surface area contributed by atoms with Crippen LogP contribution in [-0.4, -0.2) is 34.5 Å². The van der Waals surface area contributed by atoms with E-state index in [0.717, 1.165) is 38.2 Å². The van der Waals surface area contributed by atoms with Gasteiger partial charge in [-0.1, -0.05) is 26.8 Å². The lowest BCUT2D eigenvalue weighted by molar-refractivity contribution is -0.131. The first-order valence-electron chi connectivity index (χ1n) is 9.11. The Balaban J connectivity index is 2.25. The number of aliphatic hydroxyl groups is 2. The van der Waals surface area contributed by atoms with Crippen molar-refractivity contribution >= 4 is 5.97 Å². The number of aliphatic hydroxyl groups excluding tert-OH is 2. The van der Waals surface area contributed by atoms with Gasteiger partial charge in [0, 0.05) is 6.08 Å². The molecule has 2 rings (SSSR count). The van der Waals surface area contributed by atoms with Gasteiger partial charge in [0.2, 0.25) is 0 Å². The molecule has 0 spiro atoms. The molecular weight excluding hydrogens is 304 g/mol. The summed E-state index contributed by atoms with van der Waals surface area (Å²) in [7, 11) is 0. The van der Waals surface area contributed by atoms with Crippen LogP contribution in [0.1, 0.15) is 59.3 Å². The van der Waals surface area contributed by atoms with Gasteiger partial charge in [-0.25, -0.2) is 4.79 Å². The van der Waals surface area contributed by atoms with Gasteiger partial charge in [0.05, 0.1) is 13.2 Å². The fraction of sp³-hybridized carbons (Fsp3) is 0.750. The quantitative estimate of drug-likeness (QED) is 0.512. The molecule has 0 saturated heterocycles. The van der Waals surface area contributed by atoms with Gasteiger partial charge in [0.1, 0.15) is 0 Å². The van der Waals surface area contributed by atoms with Crippen LogP contribution < -0.4 is 0 Å². The molecule has 1 fully saturated rings. The number of carboxylic acids is 1. The molecule has 136 valence electrons. The molecule has 0 aliphatic heterocycles. The lowest BCUT2D eigenvalue weighted by atomic mass is 9.47. The summed E-state index contributed by atoms with van der Waals surface area (Å²) in [6, 6.07) is 0. The SMILES string of the molecule is CC1CCC2(C)C(CO)=CCCC2C1(C)CCC(=CC(=O)O)CO. The Morgan fingerprint density at radius 2 is 2.04 bits per heavy atom. The van der Waals surface area contributed by atoms with Crippen LogP contribution in [0, 0.1) is 22.7 Å². The highest BCUT2D eigenvalue weighted by atomic mass is 16.4. The van der Waals surface area contributed by atoms with Gasteiger partial charge < -0.3 is 15.3 Å². The third-order valence-corrected chi connectivity index (χ3v) is 7.05. The van der Waals surface area contributed by atoms with E-state index < -0.39 is 5.97 Å². The number of carboxylic acid groups (broad SMARTS) is 1. The first-order valence-corrected chi connectivity index (χ1v) is 9.11. The fourth-order valence-electron chi connectivity index (χ4n) is 5.25. The highest BCUT2D eigenvalue weighted by Gasteiger charge is 2.53. The average molecular weight is 336 g/mol. The summed E-state index contributed by atoms with van der Waals surface area (Å²) < 4.78 is 0. The zero-order valence-corrected chi connectivity index (χ0v) is 15.2. The zero-order chi connectivity index (χ0) is 18.0. The standard InChI is InChI=1S/C20H32O4/c1-14-7-9-20(3)16(13-22)5-4-6-17(20)19(14,2)10-8-15(12-21)11-18(23)24/h5,11,14,17,21-22H,4,6-10,12-13H2,1-3H3,(H,23,24). The van der Waals surface area contributed by atoms with Crippen molar-refractivity contribution in [2.45, 2.75) is 59.3 Å². The molecule has 0 aromatic rings. The van der Waals surface area contributed by atoms with Gasteiger partial charge in [-0.05, 0) is 72.3 Å². The van der Waals surface area contributed by atoms with Gasteiger partial charge in [-0.15, -0.1) is 0 Å². The van der Waals surface area contributed by atoms with Crippen LogP contribution in [0.3, 0.4) is 0 Å². The number of aliphatic carboxylic acids is 1. The lowest BCUT2D eigenvalue weighted by Gasteiger charge is -2.58. The number of hydrogen-bond donors (Lipinski definition) is 3. The maximum absolute atomic E-state index is 10.9. The van der Waals surface area contributed by atoms with Crippen molar-refractivity contribution in [3.05, 3.63) is 23.3 Å². The first kappa shape index (κ1) is 19.2. The maximum Gasteiger partial charge on any atom is 0.328 e. The smallest absolute Gasteiger partial charge is 0.328 e. The topological polar surface area (TPSA) is 77.8 Å². The number of allylic oxidation sites excluding steroid dienone is 1. The second-order valence-electron chi connectivity index (χ2n) is 8.18. The van der Waals surface area contributed by atoms with Crippen molar-refractivity contribution in [1.82, 2.24) is 0 Å². The van der Waals surface area contributed by atoms with Crippen LogP contribution in [0.15, 0.2) is 23.3 Å². The molecule has 4 unspecified atom stereocenters. The van der Waals surface area contributed by atoms with Crippen molar-refractivity contribution in [1.29, 1.82) is 0 Å². The molecule has 0 amide bonds. The molecule has 3 N–H and O–H groups in total. The average Bonchev–Trinajstić information content (AvgIpc) is 2.55. The fourth-order valence-corrected chi connectivity index (χ4v) is 5.25. The molecule has 0 aromatic carbocycles. The Morgan fingerprint density at radius 3 is 2.62 bits per heavy atom. The van der Waals surface area contributed by atoms with E-state index in [0.29, 0.717) is 23.8 Å². The number of rotatable bonds is 6. The van der Waals surface area contributed by atoms with Gasteiger partial charge >= 0.3 is 5.97 Å².